The van der Waals surface area contributed by atoms with Gasteiger partial charge in [0, 0.05) is 25.3 Å². The summed E-state index contributed by atoms with van der Waals surface area (Å²) in [4.78, 5) is 38.7. The fraction of sp³-hybridized carbons (Fsp3) is 0.303. The molecule has 5 rings (SSSR count). The van der Waals surface area contributed by atoms with Gasteiger partial charge in [-0.2, -0.15) is 0 Å². The van der Waals surface area contributed by atoms with E-state index in [0.717, 1.165) is 16.7 Å². The monoisotopic (exact) mass is 602 g/mol. The van der Waals surface area contributed by atoms with Crippen LogP contribution < -0.4 is 20.7 Å². The van der Waals surface area contributed by atoms with Gasteiger partial charge in [-0.1, -0.05) is 54.6 Å². The average Bonchev–Trinajstić information content (AvgIpc) is 3.38. The van der Waals surface area contributed by atoms with Crippen molar-refractivity contribution in [2.24, 2.45) is 5.92 Å². The van der Waals surface area contributed by atoms with Gasteiger partial charge in [-0.05, 0) is 41.0 Å². The number of nitrogens with zero attached hydrogens (tertiary/aromatic N) is 1. The Bertz CT molecular complexity index is 1620. The highest BCUT2D eigenvalue weighted by atomic mass is 16.6. The number of methoxy groups -OCH3 is 3. The van der Waals surface area contributed by atoms with Crippen LogP contribution >= 0.6 is 0 Å². The number of carboxylic acid groups (broad SMARTS) is 1. The van der Waals surface area contributed by atoms with Crippen LogP contribution in [0.25, 0.3) is 0 Å². The second-order valence-electron chi connectivity index (χ2n) is 10.4. The highest BCUT2D eigenvalue weighted by molar-refractivity contribution is 5.67. The van der Waals surface area contributed by atoms with Gasteiger partial charge in [-0.3, -0.25) is 19.1 Å². The van der Waals surface area contributed by atoms with E-state index in [9.17, 15) is 19.5 Å². The van der Waals surface area contributed by atoms with E-state index in [0.29, 0.717) is 11.5 Å². The van der Waals surface area contributed by atoms with Gasteiger partial charge in [0.2, 0.25) is 0 Å². The van der Waals surface area contributed by atoms with Crippen LogP contribution in [0.4, 0.5) is 0 Å². The molecule has 0 bridgehead atoms. The second kappa shape index (κ2) is 13.3. The lowest BCUT2D eigenvalue weighted by molar-refractivity contribution is -0.140. The Morgan fingerprint density at radius 3 is 1.93 bits per heavy atom. The summed E-state index contributed by atoms with van der Waals surface area (Å²) >= 11 is 0. The normalized spacial score (nSPS) is 19.9. The minimum absolute atomic E-state index is 0.0701. The summed E-state index contributed by atoms with van der Waals surface area (Å²) in [5.74, 6) is -0.410. The molecule has 1 aliphatic rings. The van der Waals surface area contributed by atoms with Gasteiger partial charge in [0.05, 0.1) is 33.4 Å². The van der Waals surface area contributed by atoms with E-state index in [1.54, 1.807) is 14.2 Å². The van der Waals surface area contributed by atoms with Crippen molar-refractivity contribution in [3.63, 3.8) is 0 Å². The smallest absolute Gasteiger partial charge is 0.330 e. The zero-order chi connectivity index (χ0) is 31.3. The van der Waals surface area contributed by atoms with E-state index in [1.807, 2.05) is 78.9 Å². The molecule has 0 radical (unpaired) electrons. The molecule has 0 spiro atoms. The van der Waals surface area contributed by atoms with E-state index >= 15 is 0 Å². The van der Waals surface area contributed by atoms with Crippen molar-refractivity contribution in [3.8, 4) is 11.5 Å². The molecule has 4 aromatic rings. The number of carboxylic acids is 1. The number of aromatic amines is 1. The van der Waals surface area contributed by atoms with E-state index in [-0.39, 0.29) is 13.0 Å². The summed E-state index contributed by atoms with van der Waals surface area (Å²) < 4.78 is 31.1. The minimum Gasteiger partial charge on any atom is -0.497 e. The molecule has 0 saturated carbocycles. The Balaban J connectivity index is 1.61. The number of rotatable bonds is 12. The van der Waals surface area contributed by atoms with Gasteiger partial charge < -0.3 is 28.8 Å². The SMILES string of the molecule is COc1ccc(C(OC[C@H]2O[C@@H](n3ccc(=O)[nH]c3=O)[C@H](OC)[C@@H]2CC(=O)O)(c2ccccc2)c2ccc(OC)cc2)cc1. The van der Waals surface area contributed by atoms with Crippen molar-refractivity contribution in [2.45, 2.75) is 30.5 Å². The lowest BCUT2D eigenvalue weighted by atomic mass is 9.80. The summed E-state index contributed by atoms with van der Waals surface area (Å²) in [5.41, 5.74) is -0.0351. The molecule has 11 heteroatoms. The molecule has 1 aromatic heterocycles. The summed E-state index contributed by atoms with van der Waals surface area (Å²) in [6.07, 6.45) is -1.63. The average molecular weight is 603 g/mol. The predicted octanol–water partition coefficient (Wildman–Crippen LogP) is 3.57. The maximum absolute atomic E-state index is 12.7. The summed E-state index contributed by atoms with van der Waals surface area (Å²) in [6.45, 7) is -0.0701. The molecule has 4 atom stereocenters. The second-order valence-corrected chi connectivity index (χ2v) is 10.4. The number of carbonyl (C=O) groups is 1. The number of H-pyrrole nitrogens is 1. The molecular formula is C33H34N2O9. The molecule has 1 aliphatic heterocycles. The first-order valence-corrected chi connectivity index (χ1v) is 14.0. The Labute approximate surface area is 253 Å². The Morgan fingerprint density at radius 1 is 0.864 bits per heavy atom. The van der Waals surface area contributed by atoms with Crippen molar-refractivity contribution in [2.75, 3.05) is 27.9 Å². The molecule has 0 amide bonds. The summed E-state index contributed by atoms with van der Waals surface area (Å²) in [5, 5.41) is 9.82. The number of benzene rings is 3. The van der Waals surface area contributed by atoms with E-state index in [4.69, 9.17) is 23.7 Å². The molecule has 1 saturated heterocycles. The predicted molar refractivity (Wildman–Crippen MR) is 160 cm³/mol. The molecule has 0 unspecified atom stereocenters. The number of hydrogen-bond acceptors (Lipinski definition) is 8. The quantitative estimate of drug-likeness (QED) is 0.233. The van der Waals surface area contributed by atoms with Crippen LogP contribution in [0.3, 0.4) is 0 Å². The highest BCUT2D eigenvalue weighted by Gasteiger charge is 2.49. The highest BCUT2D eigenvalue weighted by Crippen LogP contribution is 2.44. The van der Waals surface area contributed by atoms with Crippen molar-refractivity contribution in [3.05, 3.63) is 129 Å². The lowest BCUT2D eigenvalue weighted by Gasteiger charge is -2.37. The van der Waals surface area contributed by atoms with Crippen molar-refractivity contribution >= 4 is 5.97 Å². The first-order valence-electron chi connectivity index (χ1n) is 14.0. The lowest BCUT2D eigenvalue weighted by Crippen LogP contribution is -2.38. The number of ether oxygens (including phenoxy) is 5. The van der Waals surface area contributed by atoms with Crippen LogP contribution in [0, 0.1) is 5.92 Å². The van der Waals surface area contributed by atoms with Crippen molar-refractivity contribution in [1.29, 1.82) is 0 Å². The van der Waals surface area contributed by atoms with Gasteiger partial charge >= 0.3 is 11.7 Å². The Kier molecular flexibility index (Phi) is 9.29. The van der Waals surface area contributed by atoms with E-state index in [2.05, 4.69) is 4.98 Å². The maximum atomic E-state index is 12.7. The third-order valence-corrected chi connectivity index (χ3v) is 7.94. The molecular weight excluding hydrogens is 568 g/mol. The number of aliphatic carboxylic acids is 1. The summed E-state index contributed by atoms with van der Waals surface area (Å²) in [7, 11) is 4.62. The number of aromatic nitrogens is 2. The van der Waals surface area contributed by atoms with Gasteiger partial charge in [0.1, 0.15) is 23.2 Å². The molecule has 3 aromatic carbocycles. The van der Waals surface area contributed by atoms with E-state index in [1.165, 1.54) is 23.9 Å². The van der Waals surface area contributed by atoms with Crippen LogP contribution in [-0.2, 0) is 24.6 Å². The fourth-order valence-corrected chi connectivity index (χ4v) is 5.82. The molecule has 1 fully saturated rings. The zero-order valence-corrected chi connectivity index (χ0v) is 24.5. The van der Waals surface area contributed by atoms with Gasteiger partial charge in [-0.15, -0.1) is 0 Å². The number of hydrogen-bond donors (Lipinski definition) is 2. The third kappa shape index (κ3) is 6.02. The zero-order valence-electron chi connectivity index (χ0n) is 24.5. The number of nitrogens with one attached hydrogen (secondary N) is 1. The van der Waals surface area contributed by atoms with Crippen molar-refractivity contribution in [1.82, 2.24) is 9.55 Å². The topological polar surface area (TPSA) is 138 Å². The van der Waals surface area contributed by atoms with Crippen molar-refractivity contribution < 1.29 is 33.6 Å². The molecule has 11 nitrogen and oxygen atoms in total. The molecule has 2 heterocycles. The maximum Gasteiger partial charge on any atom is 0.330 e. The first-order chi connectivity index (χ1) is 21.3. The molecule has 2 N–H and O–H groups in total. The third-order valence-electron chi connectivity index (χ3n) is 7.94. The first kappa shape index (κ1) is 30.7. The van der Waals surface area contributed by atoms with Gasteiger partial charge in [0.25, 0.3) is 5.56 Å². The van der Waals surface area contributed by atoms with Crippen LogP contribution in [-0.4, -0.2) is 60.8 Å². The van der Waals surface area contributed by atoms with Crippen LogP contribution in [0.2, 0.25) is 0 Å². The molecule has 0 aliphatic carbocycles. The minimum atomic E-state index is -1.17. The summed E-state index contributed by atoms with van der Waals surface area (Å²) in [6, 6.07) is 25.9. The van der Waals surface area contributed by atoms with Crippen LogP contribution in [0.1, 0.15) is 29.3 Å². The largest absolute Gasteiger partial charge is 0.497 e. The van der Waals surface area contributed by atoms with E-state index < -0.39 is 47.2 Å². The molecule has 230 valence electrons. The molecule has 44 heavy (non-hydrogen) atoms. The van der Waals surface area contributed by atoms with Crippen LogP contribution in [0.5, 0.6) is 11.5 Å². The Hall–Kier alpha value is -4.71. The van der Waals surface area contributed by atoms with Crippen LogP contribution in [0.15, 0.2) is 101 Å². The fourth-order valence-electron chi connectivity index (χ4n) is 5.82. The van der Waals surface area contributed by atoms with Gasteiger partial charge in [0.15, 0.2) is 6.23 Å². The Morgan fingerprint density at radius 2 is 1.43 bits per heavy atom. The standard InChI is InChI=1S/C33H34N2O9/c1-40-24-13-9-22(10-14-24)33(21-7-5-4-6-8-21,23-11-15-25(41-2)16-12-23)43-20-27-26(19-29(37)38)30(42-3)31(44-27)35-18-17-28(36)34-32(35)39/h4-18,26-27,30-31H,19-20H2,1-3H3,(H,37,38)(H,34,36,39)/t26-,27-,30-,31-/m1/s1. The van der Waals surface area contributed by atoms with Gasteiger partial charge in [-0.25, -0.2) is 4.79 Å².